The topological polar surface area (TPSA) is 70.9 Å². The summed E-state index contributed by atoms with van der Waals surface area (Å²) in [6.07, 6.45) is 0. The van der Waals surface area contributed by atoms with E-state index < -0.39 is 11.7 Å². The summed E-state index contributed by atoms with van der Waals surface area (Å²) in [6.45, 7) is 3.75. The molecule has 1 amide bonds. The van der Waals surface area contributed by atoms with Crippen molar-refractivity contribution in [2.45, 2.75) is 13.8 Å². The number of hydrogen-bond acceptors (Lipinski definition) is 2. The minimum atomic E-state index is -0.641. The number of carbonyl (C=O) groups excluding carboxylic acids is 1. The predicted octanol–water partition coefficient (Wildman–Crippen LogP) is 2.06. The van der Waals surface area contributed by atoms with Gasteiger partial charge in [0.15, 0.2) is 0 Å². The molecule has 0 aliphatic carbocycles. The number of hydrogen-bond donors (Lipinski definition) is 3. The number of nitrogens with one attached hydrogen (secondary N) is 2. The highest BCUT2D eigenvalue weighted by Gasteiger charge is 2.18. The van der Waals surface area contributed by atoms with Crippen LogP contribution in [-0.4, -0.2) is 17.9 Å². The summed E-state index contributed by atoms with van der Waals surface area (Å²) in [7, 11) is 1.64. The molecule has 0 fully saturated rings. The minimum absolute atomic E-state index is 0.174. The third-order valence-corrected chi connectivity index (χ3v) is 3.04. The van der Waals surface area contributed by atoms with Crippen molar-refractivity contribution in [1.29, 1.82) is 0 Å². The predicted molar refractivity (Wildman–Crippen MR) is 65.8 cm³/mol. The molecule has 0 saturated heterocycles. The van der Waals surface area contributed by atoms with E-state index in [2.05, 4.69) is 10.3 Å². The Bertz CT molecular complexity index is 616. The summed E-state index contributed by atoms with van der Waals surface area (Å²) in [5.41, 5.74) is 8.19. The van der Waals surface area contributed by atoms with Crippen molar-refractivity contribution in [2.75, 3.05) is 12.4 Å². The number of amides is 1. The average molecular weight is 235 g/mol. The molecule has 0 bridgehead atoms. The summed E-state index contributed by atoms with van der Waals surface area (Å²) in [6, 6.07) is 1.16. The van der Waals surface area contributed by atoms with Crippen LogP contribution in [0.5, 0.6) is 0 Å². The number of H-pyrrole nitrogens is 1. The SMILES string of the molecule is CNc1c(F)cc(C(N)=O)c2[nH]c(C)c(C)c12. The summed E-state index contributed by atoms with van der Waals surface area (Å²) < 4.78 is 13.8. The van der Waals surface area contributed by atoms with Gasteiger partial charge in [0, 0.05) is 18.1 Å². The molecule has 90 valence electrons. The lowest BCUT2D eigenvalue weighted by atomic mass is 10.1. The fraction of sp³-hybridized carbons (Fsp3) is 0.250. The molecule has 0 atom stereocenters. The van der Waals surface area contributed by atoms with Crippen molar-refractivity contribution in [2.24, 2.45) is 5.73 Å². The number of benzene rings is 1. The highest BCUT2D eigenvalue weighted by Crippen LogP contribution is 2.33. The number of fused-ring (bicyclic) bond motifs is 1. The van der Waals surface area contributed by atoms with Gasteiger partial charge in [0.1, 0.15) is 5.82 Å². The number of primary amides is 1. The van der Waals surface area contributed by atoms with Crippen molar-refractivity contribution in [3.63, 3.8) is 0 Å². The maximum atomic E-state index is 13.8. The van der Waals surface area contributed by atoms with Gasteiger partial charge in [0.2, 0.25) is 0 Å². The number of carbonyl (C=O) groups is 1. The number of anilines is 1. The third-order valence-electron chi connectivity index (χ3n) is 3.04. The summed E-state index contributed by atoms with van der Waals surface area (Å²) >= 11 is 0. The molecular weight excluding hydrogens is 221 g/mol. The average Bonchev–Trinajstić information content (AvgIpc) is 2.55. The lowest BCUT2D eigenvalue weighted by Gasteiger charge is -2.08. The Hall–Kier alpha value is -2.04. The van der Waals surface area contributed by atoms with Gasteiger partial charge >= 0.3 is 0 Å². The van der Waals surface area contributed by atoms with Gasteiger partial charge in [-0.1, -0.05) is 0 Å². The van der Waals surface area contributed by atoms with Gasteiger partial charge in [0.25, 0.3) is 5.91 Å². The molecule has 5 heteroatoms. The van der Waals surface area contributed by atoms with Gasteiger partial charge in [-0.3, -0.25) is 4.79 Å². The largest absolute Gasteiger partial charge is 0.385 e. The summed E-state index contributed by atoms with van der Waals surface area (Å²) in [5.74, 6) is -1.12. The van der Waals surface area contributed by atoms with Crippen molar-refractivity contribution in [3.05, 3.63) is 28.7 Å². The third kappa shape index (κ3) is 1.54. The molecule has 1 aromatic heterocycles. The first kappa shape index (κ1) is 11.4. The van der Waals surface area contributed by atoms with Crippen molar-refractivity contribution < 1.29 is 9.18 Å². The Morgan fingerprint density at radius 3 is 2.65 bits per heavy atom. The number of aryl methyl sites for hydroxylation is 2. The van der Waals surface area contributed by atoms with Crippen LogP contribution in [0, 0.1) is 19.7 Å². The molecule has 2 rings (SSSR count). The van der Waals surface area contributed by atoms with Crippen LogP contribution >= 0.6 is 0 Å². The lowest BCUT2D eigenvalue weighted by molar-refractivity contribution is 0.100. The molecule has 4 N–H and O–H groups in total. The fourth-order valence-electron chi connectivity index (χ4n) is 2.06. The van der Waals surface area contributed by atoms with Crippen LogP contribution in [0.15, 0.2) is 6.07 Å². The molecule has 0 aliphatic rings. The zero-order valence-corrected chi connectivity index (χ0v) is 9.94. The summed E-state index contributed by atoms with van der Waals surface area (Å²) in [4.78, 5) is 14.4. The second-order valence-electron chi connectivity index (χ2n) is 4.02. The molecule has 0 saturated carbocycles. The second kappa shape index (κ2) is 3.76. The number of aromatic nitrogens is 1. The van der Waals surface area contributed by atoms with Crippen LogP contribution in [0.4, 0.5) is 10.1 Å². The monoisotopic (exact) mass is 235 g/mol. The van der Waals surface area contributed by atoms with E-state index in [0.29, 0.717) is 16.6 Å². The minimum Gasteiger partial charge on any atom is -0.385 e. The Morgan fingerprint density at radius 1 is 1.47 bits per heavy atom. The number of nitrogens with two attached hydrogens (primary N) is 1. The summed E-state index contributed by atoms with van der Waals surface area (Å²) in [5, 5.41) is 3.49. The smallest absolute Gasteiger partial charge is 0.250 e. The van der Waals surface area contributed by atoms with Crippen LogP contribution in [0.1, 0.15) is 21.6 Å². The van der Waals surface area contributed by atoms with Crippen LogP contribution in [-0.2, 0) is 0 Å². The standard InChI is InChI=1S/C12H14FN3O/c1-5-6(2)16-10-7(12(14)17)4-8(13)11(15-3)9(5)10/h4,15-16H,1-3H3,(H2,14,17). The molecule has 0 radical (unpaired) electrons. The van der Waals surface area contributed by atoms with Gasteiger partial charge < -0.3 is 16.0 Å². The molecule has 0 aliphatic heterocycles. The van der Waals surface area contributed by atoms with E-state index in [0.717, 1.165) is 17.3 Å². The molecule has 17 heavy (non-hydrogen) atoms. The normalized spacial score (nSPS) is 10.8. The van der Waals surface area contributed by atoms with E-state index in [4.69, 9.17) is 5.73 Å². The van der Waals surface area contributed by atoms with Crippen molar-refractivity contribution >= 4 is 22.5 Å². The highest BCUT2D eigenvalue weighted by atomic mass is 19.1. The van der Waals surface area contributed by atoms with Crippen LogP contribution in [0.3, 0.4) is 0 Å². The highest BCUT2D eigenvalue weighted by molar-refractivity contribution is 6.10. The zero-order valence-electron chi connectivity index (χ0n) is 9.94. The fourth-order valence-corrected chi connectivity index (χ4v) is 2.06. The van der Waals surface area contributed by atoms with Gasteiger partial charge in [-0.05, 0) is 25.5 Å². The van der Waals surface area contributed by atoms with Crippen LogP contribution in [0.2, 0.25) is 0 Å². The van der Waals surface area contributed by atoms with E-state index >= 15 is 0 Å². The molecule has 1 aromatic carbocycles. The van der Waals surface area contributed by atoms with Crippen LogP contribution < -0.4 is 11.1 Å². The molecule has 2 aromatic rings. The van der Waals surface area contributed by atoms with Gasteiger partial charge in [0.05, 0.1) is 16.8 Å². The van der Waals surface area contributed by atoms with Gasteiger partial charge in [-0.25, -0.2) is 4.39 Å². The Kier molecular flexibility index (Phi) is 2.53. The molecule has 1 heterocycles. The zero-order chi connectivity index (χ0) is 12.7. The number of halogens is 1. The van der Waals surface area contributed by atoms with E-state index in [9.17, 15) is 9.18 Å². The van der Waals surface area contributed by atoms with E-state index in [1.807, 2.05) is 13.8 Å². The Balaban J connectivity index is 2.99. The lowest BCUT2D eigenvalue weighted by Crippen LogP contribution is -2.12. The number of rotatable bonds is 2. The van der Waals surface area contributed by atoms with E-state index in [-0.39, 0.29) is 5.56 Å². The quantitative estimate of drug-likeness (QED) is 0.745. The Morgan fingerprint density at radius 2 is 2.12 bits per heavy atom. The van der Waals surface area contributed by atoms with Crippen molar-refractivity contribution in [1.82, 2.24) is 4.98 Å². The number of aromatic amines is 1. The molecule has 0 unspecified atom stereocenters. The van der Waals surface area contributed by atoms with E-state index in [1.165, 1.54) is 0 Å². The van der Waals surface area contributed by atoms with Gasteiger partial charge in [-0.15, -0.1) is 0 Å². The van der Waals surface area contributed by atoms with Gasteiger partial charge in [-0.2, -0.15) is 0 Å². The van der Waals surface area contributed by atoms with Crippen LogP contribution in [0.25, 0.3) is 10.9 Å². The molecule has 0 spiro atoms. The first-order valence-corrected chi connectivity index (χ1v) is 5.26. The molecular formula is C12H14FN3O. The maximum Gasteiger partial charge on any atom is 0.250 e. The first-order valence-electron chi connectivity index (χ1n) is 5.26. The first-order chi connectivity index (χ1) is 7.97. The van der Waals surface area contributed by atoms with Crippen molar-refractivity contribution in [3.8, 4) is 0 Å². The van der Waals surface area contributed by atoms with E-state index in [1.54, 1.807) is 7.05 Å². The maximum absolute atomic E-state index is 13.8. The Labute approximate surface area is 98.0 Å². The second-order valence-corrected chi connectivity index (χ2v) is 4.02. The molecule has 4 nitrogen and oxygen atoms in total.